The highest BCUT2D eigenvalue weighted by molar-refractivity contribution is 7.98. The molecule has 1 N–H and O–H groups in total. The molecule has 9 heteroatoms. The molecule has 0 aliphatic rings. The normalized spacial score (nSPS) is 10.6. The minimum Gasteiger partial charge on any atom is -0.332 e. The van der Waals surface area contributed by atoms with Crippen molar-refractivity contribution in [3.8, 4) is 5.69 Å². The molecule has 0 unspecified atom stereocenters. The number of aromatic nitrogens is 2. The smallest absolute Gasteiger partial charge is 0.254 e. The van der Waals surface area contributed by atoms with Crippen molar-refractivity contribution in [3.63, 3.8) is 0 Å². The fraction of sp³-hybridized carbons (Fsp3) is 0.150. The Labute approximate surface area is 182 Å². The second-order valence-corrected chi connectivity index (χ2v) is 7.72. The number of carbonyl (C=O) groups excluding carboxylic acids is 2. The van der Waals surface area contributed by atoms with Gasteiger partial charge in [-0.3, -0.25) is 14.2 Å². The van der Waals surface area contributed by atoms with Crippen LogP contribution < -0.4 is 5.32 Å². The highest BCUT2D eigenvalue weighted by Gasteiger charge is 2.17. The average Bonchev–Trinajstić information content (AvgIpc) is 3.19. The Morgan fingerprint density at radius 2 is 1.79 bits per heavy atom. The maximum Gasteiger partial charge on any atom is 0.254 e. The van der Waals surface area contributed by atoms with Crippen LogP contribution in [0.25, 0.3) is 5.69 Å². The summed E-state index contributed by atoms with van der Waals surface area (Å²) in [4.78, 5) is 30.6. The molecule has 6 nitrogen and oxygen atoms in total. The van der Waals surface area contributed by atoms with Crippen molar-refractivity contribution in [3.05, 3.63) is 70.5 Å². The third-order valence-electron chi connectivity index (χ3n) is 4.14. The van der Waals surface area contributed by atoms with Gasteiger partial charge in [0.25, 0.3) is 5.91 Å². The number of rotatable bonds is 6. The Balaban J connectivity index is 1.66. The first-order chi connectivity index (χ1) is 13.9. The van der Waals surface area contributed by atoms with Crippen molar-refractivity contribution in [2.75, 3.05) is 25.2 Å². The number of carbonyl (C=O) groups is 2. The zero-order chi connectivity index (χ0) is 21.0. The van der Waals surface area contributed by atoms with Gasteiger partial charge in [0.1, 0.15) is 0 Å². The molecule has 0 bridgehead atoms. The minimum absolute atomic E-state index is 0.139. The lowest BCUT2D eigenvalue weighted by atomic mass is 10.2. The highest BCUT2D eigenvalue weighted by Crippen LogP contribution is 2.29. The number of thioether (sulfide) groups is 1. The van der Waals surface area contributed by atoms with Gasteiger partial charge in [-0.2, -0.15) is 0 Å². The number of halogens is 2. The molecule has 3 aromatic rings. The van der Waals surface area contributed by atoms with Crippen molar-refractivity contribution in [2.45, 2.75) is 5.16 Å². The Morgan fingerprint density at radius 1 is 1.14 bits per heavy atom. The van der Waals surface area contributed by atoms with Crippen LogP contribution in [0, 0.1) is 0 Å². The molecule has 0 aliphatic carbocycles. The van der Waals surface area contributed by atoms with Gasteiger partial charge in [-0.25, -0.2) is 4.98 Å². The van der Waals surface area contributed by atoms with Gasteiger partial charge in [-0.05, 0) is 42.7 Å². The number of benzene rings is 2. The second kappa shape index (κ2) is 9.35. The van der Waals surface area contributed by atoms with Crippen LogP contribution in [0.3, 0.4) is 0 Å². The van der Waals surface area contributed by atoms with Gasteiger partial charge in [-0.1, -0.05) is 41.0 Å². The number of para-hydroxylation sites is 1. The number of imidazole rings is 1. The highest BCUT2D eigenvalue weighted by atomic mass is 35.5. The van der Waals surface area contributed by atoms with E-state index in [4.69, 9.17) is 23.2 Å². The molecule has 3 rings (SSSR count). The molecule has 29 heavy (non-hydrogen) atoms. The summed E-state index contributed by atoms with van der Waals surface area (Å²) in [6, 6.07) is 12.1. The fourth-order valence-corrected chi connectivity index (χ4v) is 3.73. The van der Waals surface area contributed by atoms with E-state index in [1.165, 1.54) is 16.7 Å². The topological polar surface area (TPSA) is 67.2 Å². The van der Waals surface area contributed by atoms with Crippen LogP contribution in [-0.2, 0) is 4.79 Å². The number of hydrogen-bond donors (Lipinski definition) is 1. The molecule has 2 amide bonds. The third-order valence-corrected chi connectivity index (χ3v) is 5.43. The van der Waals surface area contributed by atoms with Gasteiger partial charge in [0.2, 0.25) is 5.91 Å². The van der Waals surface area contributed by atoms with Crippen LogP contribution >= 0.6 is 35.0 Å². The zero-order valence-electron chi connectivity index (χ0n) is 15.7. The Kier molecular flexibility index (Phi) is 6.84. The maximum absolute atomic E-state index is 12.7. The molecule has 0 spiro atoms. The van der Waals surface area contributed by atoms with Crippen molar-refractivity contribution in [1.29, 1.82) is 0 Å². The molecule has 150 valence electrons. The number of nitrogens with one attached hydrogen (secondary N) is 1. The molecular formula is C20H18Cl2N4O2S. The first kappa shape index (κ1) is 21.2. The van der Waals surface area contributed by atoms with E-state index in [2.05, 4.69) is 10.3 Å². The van der Waals surface area contributed by atoms with Gasteiger partial charge in [0.15, 0.2) is 5.16 Å². The summed E-state index contributed by atoms with van der Waals surface area (Å²) in [7, 11) is 1.56. The standard InChI is InChI=1S/C20H18Cl2N4O2S/c1-25(12-17(27)24-18-15(21)4-3-5-16(18)22)19(28)13-6-8-14(9-7-13)26-11-10-23-20(26)29-2/h3-11H,12H2,1-2H3,(H,24,27). The molecule has 2 aromatic carbocycles. The molecule has 0 saturated heterocycles. The minimum atomic E-state index is -0.393. The van der Waals surface area contributed by atoms with Crippen molar-refractivity contribution in [1.82, 2.24) is 14.5 Å². The van der Waals surface area contributed by atoms with Crippen LogP contribution in [0.1, 0.15) is 10.4 Å². The van der Waals surface area contributed by atoms with Crippen molar-refractivity contribution in [2.24, 2.45) is 0 Å². The van der Waals surface area contributed by atoms with Crippen LogP contribution in [0.2, 0.25) is 10.0 Å². The molecule has 0 aliphatic heterocycles. The van der Waals surface area contributed by atoms with Gasteiger partial charge in [0, 0.05) is 30.7 Å². The summed E-state index contributed by atoms with van der Waals surface area (Å²) in [5, 5.41) is 4.17. The summed E-state index contributed by atoms with van der Waals surface area (Å²) in [6.07, 6.45) is 5.54. The first-order valence-electron chi connectivity index (χ1n) is 8.58. The van der Waals surface area contributed by atoms with Crippen LogP contribution in [-0.4, -0.2) is 46.1 Å². The Morgan fingerprint density at radius 3 is 2.41 bits per heavy atom. The van der Waals surface area contributed by atoms with Gasteiger partial charge in [0.05, 0.1) is 22.3 Å². The summed E-state index contributed by atoms with van der Waals surface area (Å²) in [5.41, 5.74) is 1.71. The van der Waals surface area contributed by atoms with E-state index >= 15 is 0 Å². The molecule has 0 fully saturated rings. The summed E-state index contributed by atoms with van der Waals surface area (Å²) >= 11 is 13.7. The van der Waals surface area contributed by atoms with Gasteiger partial charge in [-0.15, -0.1) is 0 Å². The largest absolute Gasteiger partial charge is 0.332 e. The molecule has 0 radical (unpaired) electrons. The van der Waals surface area contributed by atoms with E-state index in [0.717, 1.165) is 10.8 Å². The van der Waals surface area contributed by atoms with E-state index in [-0.39, 0.29) is 12.5 Å². The van der Waals surface area contributed by atoms with Crippen molar-refractivity contribution >= 4 is 52.5 Å². The Bertz CT molecular complexity index is 1020. The fourth-order valence-electron chi connectivity index (χ4n) is 2.71. The summed E-state index contributed by atoms with van der Waals surface area (Å²) in [6.45, 7) is -0.139. The monoisotopic (exact) mass is 448 g/mol. The van der Waals surface area contributed by atoms with Crippen LogP contribution in [0.4, 0.5) is 5.69 Å². The average molecular weight is 449 g/mol. The number of anilines is 1. The van der Waals surface area contributed by atoms with E-state index in [0.29, 0.717) is 21.3 Å². The molecule has 0 saturated carbocycles. The SMILES string of the molecule is CSc1nccn1-c1ccc(C(=O)N(C)CC(=O)Nc2c(Cl)cccc2Cl)cc1. The molecular weight excluding hydrogens is 431 g/mol. The molecule has 1 aromatic heterocycles. The van der Waals surface area contributed by atoms with Gasteiger partial charge >= 0.3 is 0 Å². The van der Waals surface area contributed by atoms with E-state index < -0.39 is 5.91 Å². The number of amides is 2. The predicted octanol–water partition coefficient (Wildman–Crippen LogP) is 4.61. The lowest BCUT2D eigenvalue weighted by Crippen LogP contribution is -2.35. The predicted molar refractivity (Wildman–Crippen MR) is 117 cm³/mol. The molecule has 0 atom stereocenters. The summed E-state index contributed by atoms with van der Waals surface area (Å²) < 4.78 is 1.93. The van der Waals surface area contributed by atoms with E-state index in [1.807, 2.05) is 29.2 Å². The summed E-state index contributed by atoms with van der Waals surface area (Å²) in [5.74, 6) is -0.664. The molecule has 1 heterocycles. The van der Waals surface area contributed by atoms with Crippen LogP contribution in [0.5, 0.6) is 0 Å². The number of nitrogens with zero attached hydrogens (tertiary/aromatic N) is 3. The zero-order valence-corrected chi connectivity index (χ0v) is 18.1. The quantitative estimate of drug-likeness (QED) is 0.558. The van der Waals surface area contributed by atoms with E-state index in [9.17, 15) is 9.59 Å². The maximum atomic E-state index is 12.7. The van der Waals surface area contributed by atoms with Gasteiger partial charge < -0.3 is 10.2 Å². The lowest BCUT2D eigenvalue weighted by Gasteiger charge is -2.18. The Hall–Kier alpha value is -2.48. The van der Waals surface area contributed by atoms with E-state index in [1.54, 1.807) is 43.6 Å². The first-order valence-corrected chi connectivity index (χ1v) is 10.6. The number of hydrogen-bond acceptors (Lipinski definition) is 4. The third kappa shape index (κ3) is 4.93. The van der Waals surface area contributed by atoms with Crippen LogP contribution in [0.15, 0.2) is 60.0 Å². The number of likely N-dealkylation sites (N-methyl/N-ethyl adjacent to an activating group) is 1. The van der Waals surface area contributed by atoms with Crippen molar-refractivity contribution < 1.29 is 9.59 Å². The second-order valence-electron chi connectivity index (χ2n) is 6.14. The lowest BCUT2D eigenvalue weighted by molar-refractivity contribution is -0.116.